The minimum atomic E-state index is -0.915. The highest BCUT2D eigenvalue weighted by Crippen LogP contribution is 2.25. The van der Waals surface area contributed by atoms with Gasteiger partial charge in [-0.05, 0) is 26.0 Å². The van der Waals surface area contributed by atoms with Crippen molar-refractivity contribution in [1.29, 1.82) is 0 Å². The van der Waals surface area contributed by atoms with E-state index in [2.05, 4.69) is 0 Å². The van der Waals surface area contributed by atoms with E-state index in [4.69, 9.17) is 15.6 Å². The molecule has 82 valence electrons. The van der Waals surface area contributed by atoms with Gasteiger partial charge in [0.05, 0.1) is 12.5 Å². The number of nitrogens with two attached hydrogens (primary N) is 1. The number of carboxylic acid groups (broad SMARTS) is 1. The Morgan fingerprint density at radius 3 is 2.73 bits per heavy atom. The lowest BCUT2D eigenvalue weighted by atomic mass is 10.1. The Balaban J connectivity index is 3.02. The highest BCUT2D eigenvalue weighted by Gasteiger charge is 2.12. The number of aliphatic carboxylic acids is 1. The van der Waals surface area contributed by atoms with E-state index in [1.807, 2.05) is 13.8 Å². The second-order valence-corrected chi connectivity index (χ2v) is 3.56. The van der Waals surface area contributed by atoms with Crippen molar-refractivity contribution in [2.24, 2.45) is 0 Å². The van der Waals surface area contributed by atoms with Crippen molar-refractivity contribution >= 4 is 11.7 Å². The van der Waals surface area contributed by atoms with Gasteiger partial charge < -0.3 is 15.6 Å². The third-order valence-corrected chi connectivity index (χ3v) is 1.86. The summed E-state index contributed by atoms with van der Waals surface area (Å²) in [5, 5.41) is 8.74. The number of anilines is 1. The molecular formula is C11H15NO3. The number of carbonyl (C=O) groups is 1. The highest BCUT2D eigenvalue weighted by atomic mass is 16.5. The minimum absolute atomic E-state index is 0.000607. The van der Waals surface area contributed by atoms with E-state index < -0.39 is 5.97 Å². The SMILES string of the molecule is CC(C)Oc1cccc(N)c1CC(=O)O. The van der Waals surface area contributed by atoms with Crippen LogP contribution < -0.4 is 10.5 Å². The summed E-state index contributed by atoms with van der Waals surface area (Å²) in [6, 6.07) is 5.15. The molecule has 0 radical (unpaired) electrons. The normalized spacial score (nSPS) is 10.3. The maximum absolute atomic E-state index is 10.6. The molecule has 3 N–H and O–H groups in total. The Morgan fingerprint density at radius 1 is 1.53 bits per heavy atom. The van der Waals surface area contributed by atoms with Gasteiger partial charge in [0, 0.05) is 11.3 Å². The number of rotatable bonds is 4. The van der Waals surface area contributed by atoms with Crippen LogP contribution in [0.15, 0.2) is 18.2 Å². The molecule has 15 heavy (non-hydrogen) atoms. The minimum Gasteiger partial charge on any atom is -0.491 e. The fraction of sp³-hybridized carbons (Fsp3) is 0.364. The number of nitrogen functional groups attached to an aromatic ring is 1. The van der Waals surface area contributed by atoms with Crippen molar-refractivity contribution < 1.29 is 14.6 Å². The molecule has 0 amide bonds. The first kappa shape index (κ1) is 11.4. The summed E-state index contributed by atoms with van der Waals surface area (Å²) in [4.78, 5) is 10.6. The van der Waals surface area contributed by atoms with Crippen LogP contribution in [0.3, 0.4) is 0 Å². The van der Waals surface area contributed by atoms with Crippen LogP contribution in [0.4, 0.5) is 5.69 Å². The molecule has 0 aromatic heterocycles. The lowest BCUT2D eigenvalue weighted by molar-refractivity contribution is -0.136. The van der Waals surface area contributed by atoms with Crippen LogP contribution in [0.1, 0.15) is 19.4 Å². The summed E-state index contributed by atoms with van der Waals surface area (Å²) in [5.74, 6) is -0.367. The molecule has 0 unspecified atom stereocenters. The highest BCUT2D eigenvalue weighted by molar-refractivity contribution is 5.74. The quantitative estimate of drug-likeness (QED) is 0.740. The van der Waals surface area contributed by atoms with E-state index in [0.29, 0.717) is 17.0 Å². The number of benzene rings is 1. The zero-order valence-electron chi connectivity index (χ0n) is 8.86. The summed E-state index contributed by atoms with van der Waals surface area (Å²) in [7, 11) is 0. The van der Waals surface area contributed by atoms with Gasteiger partial charge in [0.1, 0.15) is 5.75 Å². The van der Waals surface area contributed by atoms with Gasteiger partial charge in [0.15, 0.2) is 0 Å². The van der Waals surface area contributed by atoms with E-state index in [1.165, 1.54) is 0 Å². The molecule has 0 saturated carbocycles. The number of ether oxygens (including phenoxy) is 1. The van der Waals surface area contributed by atoms with Gasteiger partial charge in [-0.15, -0.1) is 0 Å². The van der Waals surface area contributed by atoms with Crippen molar-refractivity contribution in [1.82, 2.24) is 0 Å². The van der Waals surface area contributed by atoms with E-state index in [0.717, 1.165) is 0 Å². The summed E-state index contributed by atoms with van der Waals surface area (Å²) in [6.45, 7) is 3.77. The van der Waals surface area contributed by atoms with Crippen LogP contribution in [-0.4, -0.2) is 17.2 Å². The average Bonchev–Trinajstić information content (AvgIpc) is 2.09. The molecule has 1 aromatic rings. The zero-order chi connectivity index (χ0) is 11.4. The summed E-state index contributed by atoms with van der Waals surface area (Å²) < 4.78 is 5.48. The van der Waals surface area contributed by atoms with E-state index in [9.17, 15) is 4.79 Å². The van der Waals surface area contributed by atoms with Gasteiger partial charge >= 0.3 is 5.97 Å². The first-order valence-electron chi connectivity index (χ1n) is 4.76. The molecule has 0 heterocycles. The Bertz CT molecular complexity index is 361. The largest absolute Gasteiger partial charge is 0.491 e. The van der Waals surface area contributed by atoms with Crippen LogP contribution in [-0.2, 0) is 11.2 Å². The molecule has 0 aliphatic carbocycles. The maximum Gasteiger partial charge on any atom is 0.308 e. The zero-order valence-corrected chi connectivity index (χ0v) is 8.86. The molecule has 0 aliphatic rings. The molecular weight excluding hydrogens is 194 g/mol. The van der Waals surface area contributed by atoms with Crippen molar-refractivity contribution in [3.8, 4) is 5.75 Å². The predicted molar refractivity (Wildman–Crippen MR) is 58.0 cm³/mol. The lowest BCUT2D eigenvalue weighted by Crippen LogP contribution is -2.11. The molecule has 1 rings (SSSR count). The number of hydrogen-bond donors (Lipinski definition) is 2. The predicted octanol–water partition coefficient (Wildman–Crippen LogP) is 1.68. The van der Waals surface area contributed by atoms with E-state index in [1.54, 1.807) is 18.2 Å². The van der Waals surface area contributed by atoms with Crippen LogP contribution in [0.2, 0.25) is 0 Å². The van der Waals surface area contributed by atoms with Crippen molar-refractivity contribution in [2.75, 3.05) is 5.73 Å². The van der Waals surface area contributed by atoms with Crippen LogP contribution in [0.25, 0.3) is 0 Å². The summed E-state index contributed by atoms with van der Waals surface area (Å²) >= 11 is 0. The van der Waals surface area contributed by atoms with Gasteiger partial charge in [-0.3, -0.25) is 4.79 Å². The lowest BCUT2D eigenvalue weighted by Gasteiger charge is -2.14. The molecule has 4 nitrogen and oxygen atoms in total. The number of carboxylic acids is 1. The standard InChI is InChI=1S/C11H15NO3/c1-7(2)15-10-5-3-4-9(12)8(10)6-11(13)14/h3-5,7H,6,12H2,1-2H3,(H,13,14). The first-order chi connectivity index (χ1) is 7.00. The van der Waals surface area contributed by atoms with Crippen LogP contribution >= 0.6 is 0 Å². The third kappa shape index (κ3) is 3.16. The Hall–Kier alpha value is -1.71. The van der Waals surface area contributed by atoms with Crippen molar-refractivity contribution in [3.05, 3.63) is 23.8 Å². The fourth-order valence-corrected chi connectivity index (χ4v) is 1.29. The molecule has 0 fully saturated rings. The molecule has 0 spiro atoms. The average molecular weight is 209 g/mol. The van der Waals surface area contributed by atoms with Crippen LogP contribution in [0, 0.1) is 0 Å². The summed E-state index contributed by atoms with van der Waals surface area (Å²) in [6.07, 6.45) is -0.117. The first-order valence-corrected chi connectivity index (χ1v) is 4.76. The molecule has 0 aliphatic heterocycles. The molecule has 4 heteroatoms. The van der Waals surface area contributed by atoms with Gasteiger partial charge in [-0.1, -0.05) is 6.07 Å². The van der Waals surface area contributed by atoms with E-state index in [-0.39, 0.29) is 12.5 Å². The molecule has 0 bridgehead atoms. The third-order valence-electron chi connectivity index (χ3n) is 1.86. The Labute approximate surface area is 88.7 Å². The Morgan fingerprint density at radius 2 is 2.20 bits per heavy atom. The number of hydrogen-bond acceptors (Lipinski definition) is 3. The monoisotopic (exact) mass is 209 g/mol. The molecule has 0 atom stereocenters. The second-order valence-electron chi connectivity index (χ2n) is 3.56. The van der Waals surface area contributed by atoms with Gasteiger partial charge in [0.2, 0.25) is 0 Å². The second kappa shape index (κ2) is 4.68. The maximum atomic E-state index is 10.6. The fourth-order valence-electron chi connectivity index (χ4n) is 1.29. The topological polar surface area (TPSA) is 72.5 Å². The van der Waals surface area contributed by atoms with Gasteiger partial charge in [-0.25, -0.2) is 0 Å². The smallest absolute Gasteiger partial charge is 0.308 e. The van der Waals surface area contributed by atoms with Crippen molar-refractivity contribution in [2.45, 2.75) is 26.4 Å². The van der Waals surface area contributed by atoms with Gasteiger partial charge in [-0.2, -0.15) is 0 Å². The van der Waals surface area contributed by atoms with E-state index >= 15 is 0 Å². The van der Waals surface area contributed by atoms with Gasteiger partial charge in [0.25, 0.3) is 0 Å². The Kier molecular flexibility index (Phi) is 3.55. The molecule has 0 saturated heterocycles. The summed E-state index contributed by atoms with van der Waals surface area (Å²) in [5.41, 5.74) is 6.70. The molecule has 1 aromatic carbocycles. The van der Waals surface area contributed by atoms with Crippen molar-refractivity contribution in [3.63, 3.8) is 0 Å². The van der Waals surface area contributed by atoms with Crippen LogP contribution in [0.5, 0.6) is 5.75 Å².